The van der Waals surface area contributed by atoms with Crippen LogP contribution in [0.15, 0.2) is 99.6 Å². The highest BCUT2D eigenvalue weighted by molar-refractivity contribution is 5.81. The van der Waals surface area contributed by atoms with E-state index in [-0.39, 0.29) is 17.7 Å². The Labute approximate surface area is 194 Å². The molecule has 0 fully saturated rings. The molecule has 1 N–H and O–H groups in total. The van der Waals surface area contributed by atoms with E-state index in [4.69, 9.17) is 4.74 Å². The average Bonchev–Trinajstić information content (AvgIpc) is 3.16. The average molecular weight is 451 g/mol. The van der Waals surface area contributed by atoms with E-state index in [1.54, 1.807) is 25.1 Å². The molecule has 5 rings (SSSR count). The lowest BCUT2D eigenvalue weighted by molar-refractivity contribution is 0.289. The molecule has 0 aliphatic rings. The van der Waals surface area contributed by atoms with E-state index in [1.165, 1.54) is 15.6 Å². The molecule has 0 aliphatic carbocycles. The second kappa shape index (κ2) is 9.03. The minimum atomic E-state index is -0.343. The van der Waals surface area contributed by atoms with Crippen molar-refractivity contribution in [2.24, 2.45) is 5.10 Å². The summed E-state index contributed by atoms with van der Waals surface area (Å²) in [5, 5.41) is 7.85. The van der Waals surface area contributed by atoms with Crippen LogP contribution in [-0.4, -0.2) is 25.7 Å². The summed E-state index contributed by atoms with van der Waals surface area (Å²) in [6.07, 6.45) is 1.39. The predicted octanol–water partition coefficient (Wildman–Crippen LogP) is 3.65. The molecule has 0 spiro atoms. The van der Waals surface area contributed by atoms with Gasteiger partial charge in [-0.2, -0.15) is 9.78 Å². The van der Waals surface area contributed by atoms with E-state index in [0.29, 0.717) is 39.4 Å². The molecule has 8 heteroatoms. The summed E-state index contributed by atoms with van der Waals surface area (Å²) in [4.78, 5) is 30.9. The Kier molecular flexibility index (Phi) is 5.61. The van der Waals surface area contributed by atoms with Crippen molar-refractivity contribution in [1.29, 1.82) is 0 Å². The monoisotopic (exact) mass is 451 g/mol. The fraction of sp³-hybridized carbons (Fsp3) is 0.0769. The van der Waals surface area contributed by atoms with Crippen LogP contribution in [-0.2, 0) is 6.61 Å². The van der Waals surface area contributed by atoms with Crippen molar-refractivity contribution in [3.63, 3.8) is 0 Å². The lowest BCUT2D eigenvalue weighted by atomic mass is 10.2. The van der Waals surface area contributed by atoms with Crippen molar-refractivity contribution in [1.82, 2.24) is 19.4 Å². The maximum atomic E-state index is 13.2. The molecule has 0 radical (unpaired) electrons. The second-order valence-corrected chi connectivity index (χ2v) is 7.64. The minimum Gasteiger partial charge on any atom is -0.486 e. The summed E-state index contributed by atoms with van der Waals surface area (Å²) in [6, 6.07) is 25.6. The van der Waals surface area contributed by atoms with Gasteiger partial charge in [-0.25, -0.2) is 9.67 Å². The van der Waals surface area contributed by atoms with Gasteiger partial charge < -0.3 is 4.74 Å². The molecule has 0 atom stereocenters. The number of aromatic amines is 1. The number of H-pyrrole nitrogens is 1. The number of benzene rings is 3. The summed E-state index contributed by atoms with van der Waals surface area (Å²) in [5.74, 6) is 0.966. The van der Waals surface area contributed by atoms with E-state index in [0.717, 1.165) is 0 Å². The summed E-state index contributed by atoms with van der Waals surface area (Å²) in [7, 11) is 0. The molecule has 168 valence electrons. The third kappa shape index (κ3) is 4.04. The zero-order valence-corrected chi connectivity index (χ0v) is 18.4. The lowest BCUT2D eigenvalue weighted by Gasteiger charge is -2.10. The molecule has 0 unspecified atom stereocenters. The maximum absolute atomic E-state index is 13.2. The van der Waals surface area contributed by atoms with Crippen LogP contribution >= 0.6 is 0 Å². The summed E-state index contributed by atoms with van der Waals surface area (Å²) in [5.41, 5.74) is 1.62. The van der Waals surface area contributed by atoms with E-state index in [9.17, 15) is 9.59 Å². The Morgan fingerprint density at radius 2 is 1.59 bits per heavy atom. The Bertz CT molecular complexity index is 1600. The summed E-state index contributed by atoms with van der Waals surface area (Å²) >= 11 is 0. The molecular formula is C26H21N5O3. The fourth-order valence-corrected chi connectivity index (χ4v) is 3.63. The van der Waals surface area contributed by atoms with Gasteiger partial charge in [0.05, 0.1) is 28.4 Å². The highest BCUT2D eigenvalue weighted by Crippen LogP contribution is 2.13. The number of hydrogen-bond donors (Lipinski definition) is 1. The number of aromatic nitrogens is 4. The van der Waals surface area contributed by atoms with Gasteiger partial charge in [-0.3, -0.25) is 14.7 Å². The largest absolute Gasteiger partial charge is 0.486 e. The second-order valence-electron chi connectivity index (χ2n) is 7.64. The minimum absolute atomic E-state index is 0.0296. The molecule has 8 nitrogen and oxygen atoms in total. The Morgan fingerprint density at radius 1 is 0.912 bits per heavy atom. The number of aryl methyl sites for hydroxylation is 1. The van der Waals surface area contributed by atoms with Gasteiger partial charge in [-0.1, -0.05) is 48.5 Å². The molecule has 34 heavy (non-hydrogen) atoms. The van der Waals surface area contributed by atoms with Crippen LogP contribution in [0.25, 0.3) is 16.6 Å². The molecule has 5 aromatic rings. The molecule has 2 aromatic heterocycles. The SMILES string of the molecule is Cc1[nH]n(-c2ccccc2)c(=O)c1C=Nn1c(COc2ccccc2)nc2ccccc2c1=O. The summed E-state index contributed by atoms with van der Waals surface area (Å²) < 4.78 is 8.46. The van der Waals surface area contributed by atoms with Gasteiger partial charge in [0.25, 0.3) is 11.1 Å². The smallest absolute Gasteiger partial charge is 0.282 e. The highest BCUT2D eigenvalue weighted by atomic mass is 16.5. The molecule has 0 aliphatic heterocycles. The number of ether oxygens (including phenoxy) is 1. The molecule has 0 saturated carbocycles. The number of hydrogen-bond acceptors (Lipinski definition) is 5. The van der Waals surface area contributed by atoms with Gasteiger partial charge in [-0.15, -0.1) is 0 Å². The zero-order valence-electron chi connectivity index (χ0n) is 18.4. The van der Waals surface area contributed by atoms with Crippen molar-refractivity contribution in [2.45, 2.75) is 13.5 Å². The first-order chi connectivity index (χ1) is 16.6. The fourth-order valence-electron chi connectivity index (χ4n) is 3.63. The number of fused-ring (bicyclic) bond motifs is 1. The van der Waals surface area contributed by atoms with Gasteiger partial charge in [-0.05, 0) is 43.3 Å². The van der Waals surface area contributed by atoms with Gasteiger partial charge in [0.1, 0.15) is 12.4 Å². The predicted molar refractivity (Wildman–Crippen MR) is 131 cm³/mol. The highest BCUT2D eigenvalue weighted by Gasteiger charge is 2.14. The first-order valence-corrected chi connectivity index (χ1v) is 10.7. The van der Waals surface area contributed by atoms with Crippen LogP contribution < -0.4 is 15.9 Å². The lowest BCUT2D eigenvalue weighted by Crippen LogP contribution is -2.24. The first kappa shape index (κ1) is 21.1. The third-order valence-electron chi connectivity index (χ3n) is 5.37. The summed E-state index contributed by atoms with van der Waals surface area (Å²) in [6.45, 7) is 1.81. The number of nitrogens with one attached hydrogen (secondary N) is 1. The maximum Gasteiger partial charge on any atom is 0.282 e. The van der Waals surface area contributed by atoms with Crippen LogP contribution in [0.1, 0.15) is 17.1 Å². The Balaban J connectivity index is 1.57. The van der Waals surface area contributed by atoms with Crippen molar-refractivity contribution in [2.75, 3.05) is 0 Å². The van der Waals surface area contributed by atoms with Crippen molar-refractivity contribution in [3.05, 3.63) is 123 Å². The van der Waals surface area contributed by atoms with E-state index < -0.39 is 0 Å². The molecule has 3 aromatic carbocycles. The van der Waals surface area contributed by atoms with Gasteiger partial charge in [0.15, 0.2) is 5.82 Å². The van der Waals surface area contributed by atoms with Crippen LogP contribution in [0.3, 0.4) is 0 Å². The standard InChI is InChI=1S/C26H21N5O3/c1-18-22(26(33)30(29-18)19-10-4-2-5-11-19)16-27-31-24(17-34-20-12-6-3-7-13-20)28-23-15-9-8-14-21(23)25(31)32/h2-16,29H,17H2,1H3. The van der Waals surface area contributed by atoms with Gasteiger partial charge in [0.2, 0.25) is 0 Å². The van der Waals surface area contributed by atoms with Gasteiger partial charge in [0, 0.05) is 5.69 Å². The topological polar surface area (TPSA) is 94.3 Å². The van der Waals surface area contributed by atoms with E-state index in [1.807, 2.05) is 66.7 Å². The van der Waals surface area contributed by atoms with E-state index >= 15 is 0 Å². The van der Waals surface area contributed by atoms with Crippen molar-refractivity contribution in [3.8, 4) is 11.4 Å². The van der Waals surface area contributed by atoms with Crippen LogP contribution in [0.4, 0.5) is 0 Å². The molecule has 0 saturated heterocycles. The normalized spacial score (nSPS) is 11.3. The Hall–Kier alpha value is -4.72. The van der Waals surface area contributed by atoms with E-state index in [2.05, 4.69) is 15.2 Å². The number of para-hydroxylation sites is 3. The molecule has 2 heterocycles. The quantitative estimate of drug-likeness (QED) is 0.399. The molecular weight excluding hydrogens is 430 g/mol. The number of rotatable bonds is 6. The first-order valence-electron chi connectivity index (χ1n) is 10.7. The Morgan fingerprint density at radius 3 is 2.35 bits per heavy atom. The van der Waals surface area contributed by atoms with Crippen molar-refractivity contribution >= 4 is 17.1 Å². The molecule has 0 amide bonds. The van der Waals surface area contributed by atoms with Crippen molar-refractivity contribution < 1.29 is 4.74 Å². The number of nitrogens with zero attached hydrogens (tertiary/aromatic N) is 4. The van der Waals surface area contributed by atoms with Crippen LogP contribution in [0.5, 0.6) is 5.75 Å². The van der Waals surface area contributed by atoms with Gasteiger partial charge >= 0.3 is 0 Å². The van der Waals surface area contributed by atoms with Crippen LogP contribution in [0.2, 0.25) is 0 Å². The molecule has 0 bridgehead atoms. The third-order valence-corrected chi connectivity index (χ3v) is 5.37. The zero-order chi connectivity index (χ0) is 23.5. The van der Waals surface area contributed by atoms with Crippen LogP contribution in [0, 0.1) is 6.92 Å².